The van der Waals surface area contributed by atoms with E-state index in [1.807, 2.05) is 60.7 Å². The Morgan fingerprint density at radius 1 is 1.00 bits per heavy atom. The molecule has 3 heterocycles. The second-order valence-electron chi connectivity index (χ2n) is 8.17. The van der Waals surface area contributed by atoms with E-state index >= 15 is 0 Å². The van der Waals surface area contributed by atoms with Crippen LogP contribution in [0.5, 0.6) is 0 Å². The van der Waals surface area contributed by atoms with Crippen LogP contribution in [0.3, 0.4) is 0 Å². The van der Waals surface area contributed by atoms with Crippen LogP contribution in [0, 0.1) is 0 Å². The number of aliphatic hydroxyl groups excluding tert-OH is 1. The van der Waals surface area contributed by atoms with E-state index in [0.717, 1.165) is 22.9 Å². The number of nitrogens with zero attached hydrogens (tertiary/aromatic N) is 3. The summed E-state index contributed by atoms with van der Waals surface area (Å²) in [5.41, 5.74) is 2.04. The van der Waals surface area contributed by atoms with Crippen molar-refractivity contribution >= 4 is 51.7 Å². The molecule has 36 heavy (non-hydrogen) atoms. The Kier molecular flexibility index (Phi) is 6.95. The molecule has 1 aliphatic rings. The highest BCUT2D eigenvalue weighted by Gasteiger charge is 2.32. The lowest BCUT2D eigenvalue weighted by Gasteiger charge is -2.15. The number of rotatable bonds is 7. The van der Waals surface area contributed by atoms with E-state index in [1.165, 1.54) is 15.4 Å². The van der Waals surface area contributed by atoms with Gasteiger partial charge in [0.25, 0.3) is 11.5 Å². The van der Waals surface area contributed by atoms with Crippen molar-refractivity contribution in [2.24, 2.45) is 0 Å². The van der Waals surface area contributed by atoms with Crippen LogP contribution < -0.4 is 10.9 Å². The SMILES string of the molecule is O=C1C(=Cc2c(NCC(O)c3ccccc3)nc3ccccn3c2=O)SC(=S)N1Cc1ccccc1. The summed E-state index contributed by atoms with van der Waals surface area (Å²) in [7, 11) is 0. The summed E-state index contributed by atoms with van der Waals surface area (Å²) < 4.78 is 1.85. The van der Waals surface area contributed by atoms with Gasteiger partial charge < -0.3 is 10.4 Å². The molecule has 0 radical (unpaired) electrons. The predicted molar refractivity (Wildman–Crippen MR) is 147 cm³/mol. The summed E-state index contributed by atoms with van der Waals surface area (Å²) in [6.45, 7) is 0.488. The van der Waals surface area contributed by atoms with Crippen molar-refractivity contribution in [1.82, 2.24) is 14.3 Å². The number of carbonyl (C=O) groups is 1. The third-order valence-corrected chi connectivity index (χ3v) is 7.13. The average molecular weight is 515 g/mol. The second-order valence-corrected chi connectivity index (χ2v) is 9.84. The Morgan fingerprint density at radius 3 is 2.44 bits per heavy atom. The van der Waals surface area contributed by atoms with E-state index in [0.29, 0.717) is 21.4 Å². The normalized spacial score (nSPS) is 15.6. The number of aliphatic hydroxyl groups is 1. The number of anilines is 1. The molecule has 0 saturated carbocycles. The first-order valence-electron chi connectivity index (χ1n) is 11.3. The monoisotopic (exact) mass is 514 g/mol. The van der Waals surface area contributed by atoms with Crippen molar-refractivity contribution in [2.45, 2.75) is 12.6 Å². The Morgan fingerprint density at radius 2 is 1.69 bits per heavy atom. The van der Waals surface area contributed by atoms with Gasteiger partial charge in [-0.15, -0.1) is 0 Å². The molecule has 4 aromatic rings. The van der Waals surface area contributed by atoms with E-state index < -0.39 is 6.10 Å². The Bertz CT molecular complexity index is 1520. The summed E-state index contributed by atoms with van der Waals surface area (Å²) in [4.78, 5) is 33.1. The maximum absolute atomic E-state index is 13.4. The fraction of sp³-hybridized carbons (Fsp3) is 0.111. The molecule has 0 spiro atoms. The molecule has 0 bridgehead atoms. The third-order valence-electron chi connectivity index (χ3n) is 5.75. The average Bonchev–Trinajstić information content (AvgIpc) is 3.17. The zero-order chi connectivity index (χ0) is 25.1. The molecule has 7 nitrogen and oxygen atoms in total. The minimum absolute atomic E-state index is 0.134. The van der Waals surface area contributed by atoms with Gasteiger partial charge >= 0.3 is 0 Å². The van der Waals surface area contributed by atoms with Crippen molar-refractivity contribution in [2.75, 3.05) is 11.9 Å². The number of hydrogen-bond donors (Lipinski definition) is 2. The minimum Gasteiger partial charge on any atom is -0.387 e. The molecule has 9 heteroatoms. The van der Waals surface area contributed by atoms with Crippen LogP contribution in [0.25, 0.3) is 11.7 Å². The van der Waals surface area contributed by atoms with Crippen molar-refractivity contribution in [1.29, 1.82) is 0 Å². The molecule has 1 unspecified atom stereocenters. The van der Waals surface area contributed by atoms with E-state index in [2.05, 4.69) is 10.3 Å². The number of thiocarbonyl (C=S) groups is 1. The maximum Gasteiger partial charge on any atom is 0.267 e. The van der Waals surface area contributed by atoms with Crippen LogP contribution in [-0.2, 0) is 11.3 Å². The smallest absolute Gasteiger partial charge is 0.267 e. The molecule has 0 aliphatic carbocycles. The quantitative estimate of drug-likeness (QED) is 0.282. The number of hydrogen-bond acceptors (Lipinski definition) is 7. The highest BCUT2D eigenvalue weighted by Crippen LogP contribution is 2.34. The summed E-state index contributed by atoms with van der Waals surface area (Å²) >= 11 is 6.63. The lowest BCUT2D eigenvalue weighted by molar-refractivity contribution is -0.122. The van der Waals surface area contributed by atoms with Crippen molar-refractivity contribution in [3.8, 4) is 0 Å². The first-order chi connectivity index (χ1) is 17.5. The van der Waals surface area contributed by atoms with E-state index in [9.17, 15) is 14.7 Å². The van der Waals surface area contributed by atoms with E-state index in [1.54, 1.807) is 24.4 Å². The van der Waals surface area contributed by atoms with Gasteiger partial charge in [0.2, 0.25) is 0 Å². The Hall–Kier alpha value is -3.79. The highest BCUT2D eigenvalue weighted by molar-refractivity contribution is 8.26. The van der Waals surface area contributed by atoms with Gasteiger partial charge in [-0.3, -0.25) is 18.9 Å². The molecule has 2 aromatic heterocycles. The van der Waals surface area contributed by atoms with Crippen LogP contribution in [0.4, 0.5) is 5.82 Å². The molecule has 2 aromatic carbocycles. The number of benzene rings is 2. The molecule has 1 saturated heterocycles. The molecule has 1 amide bonds. The van der Waals surface area contributed by atoms with Gasteiger partial charge in [0, 0.05) is 12.7 Å². The Labute approximate surface area is 217 Å². The zero-order valence-electron chi connectivity index (χ0n) is 19.1. The minimum atomic E-state index is -0.806. The van der Waals surface area contributed by atoms with Crippen LogP contribution in [0.15, 0.2) is 94.8 Å². The van der Waals surface area contributed by atoms with Crippen LogP contribution >= 0.6 is 24.0 Å². The van der Waals surface area contributed by atoms with E-state index in [-0.39, 0.29) is 29.4 Å². The first-order valence-corrected chi connectivity index (χ1v) is 12.5. The van der Waals surface area contributed by atoms with Crippen molar-refractivity contribution < 1.29 is 9.90 Å². The molecule has 180 valence electrons. The second kappa shape index (κ2) is 10.4. The number of amides is 1. The van der Waals surface area contributed by atoms with Crippen molar-refractivity contribution in [3.05, 3.63) is 117 Å². The molecule has 1 fully saturated rings. The molecular formula is C27H22N4O3S2. The number of aromatic nitrogens is 2. The van der Waals surface area contributed by atoms with Gasteiger partial charge in [0.1, 0.15) is 15.8 Å². The number of fused-ring (bicyclic) bond motifs is 1. The van der Waals surface area contributed by atoms with Gasteiger partial charge in [-0.05, 0) is 29.3 Å². The molecular weight excluding hydrogens is 492 g/mol. The standard InChI is InChI=1S/C27H22N4O3S2/c32-21(19-11-5-2-6-12-19)16-28-24-20(25(33)30-14-8-7-13-23(30)29-24)15-22-26(34)31(27(35)36-22)17-18-9-3-1-4-10-18/h1-15,21,28,32H,16-17H2. The van der Waals surface area contributed by atoms with Crippen LogP contribution in [-0.4, -0.2) is 36.2 Å². The number of nitrogens with one attached hydrogen (secondary N) is 1. The molecule has 1 aliphatic heterocycles. The number of carbonyl (C=O) groups excluding carboxylic acids is 1. The van der Waals surface area contributed by atoms with Gasteiger partial charge in [-0.25, -0.2) is 4.98 Å². The molecule has 2 N–H and O–H groups in total. The lowest BCUT2D eigenvalue weighted by atomic mass is 10.1. The van der Waals surface area contributed by atoms with Crippen LogP contribution in [0.2, 0.25) is 0 Å². The van der Waals surface area contributed by atoms with Gasteiger partial charge in [-0.2, -0.15) is 0 Å². The lowest BCUT2D eigenvalue weighted by Crippen LogP contribution is -2.27. The third kappa shape index (κ3) is 4.94. The van der Waals surface area contributed by atoms with Gasteiger partial charge in [0.05, 0.1) is 23.1 Å². The van der Waals surface area contributed by atoms with Gasteiger partial charge in [-0.1, -0.05) is 90.7 Å². The maximum atomic E-state index is 13.4. The van der Waals surface area contributed by atoms with Crippen molar-refractivity contribution in [3.63, 3.8) is 0 Å². The summed E-state index contributed by atoms with van der Waals surface area (Å²) in [5, 5.41) is 13.7. The number of pyridine rings is 1. The van der Waals surface area contributed by atoms with Crippen LogP contribution in [0.1, 0.15) is 22.8 Å². The Balaban J connectivity index is 1.48. The first kappa shape index (κ1) is 23.9. The summed E-state index contributed by atoms with van der Waals surface area (Å²) in [5.74, 6) is 0.0243. The molecule has 5 rings (SSSR count). The summed E-state index contributed by atoms with van der Waals surface area (Å²) in [6.07, 6.45) is 2.36. The largest absolute Gasteiger partial charge is 0.387 e. The van der Waals surface area contributed by atoms with Gasteiger partial charge in [0.15, 0.2) is 0 Å². The fourth-order valence-corrected chi connectivity index (χ4v) is 5.12. The highest BCUT2D eigenvalue weighted by atomic mass is 32.2. The number of thioether (sulfide) groups is 1. The fourth-order valence-electron chi connectivity index (χ4n) is 3.89. The topological polar surface area (TPSA) is 86.9 Å². The zero-order valence-corrected chi connectivity index (χ0v) is 20.7. The molecule has 1 atom stereocenters. The van der Waals surface area contributed by atoms with E-state index in [4.69, 9.17) is 12.2 Å². The predicted octanol–water partition coefficient (Wildman–Crippen LogP) is 4.24. The summed E-state index contributed by atoms with van der Waals surface area (Å²) in [6, 6.07) is 24.1.